The maximum absolute atomic E-state index is 9.25. The molecule has 1 N–H and O–H groups in total. The zero-order valence-electron chi connectivity index (χ0n) is 11.3. The van der Waals surface area contributed by atoms with E-state index in [1.54, 1.807) is 23.9 Å². The van der Waals surface area contributed by atoms with Crippen LogP contribution in [-0.2, 0) is 6.42 Å². The Morgan fingerprint density at radius 1 is 0.842 bits per heavy atom. The summed E-state index contributed by atoms with van der Waals surface area (Å²) in [6.45, 7) is 2.23. The maximum atomic E-state index is 9.25. The number of unbranched alkanes of at least 4 members (excludes halogenated alkanes) is 2. The lowest BCUT2D eigenvalue weighted by molar-refractivity contribution is 0.475. The zero-order chi connectivity index (χ0) is 13.5. The molecule has 2 aromatic rings. The van der Waals surface area contributed by atoms with Crippen LogP contribution in [0.4, 0.5) is 0 Å². The number of benzene rings is 2. The summed E-state index contributed by atoms with van der Waals surface area (Å²) in [7, 11) is 0. The molecule has 2 aromatic carbocycles. The van der Waals surface area contributed by atoms with Crippen molar-refractivity contribution in [2.24, 2.45) is 0 Å². The molecule has 0 radical (unpaired) electrons. The Morgan fingerprint density at radius 3 is 2.00 bits per heavy atom. The molecule has 0 bridgehead atoms. The van der Waals surface area contributed by atoms with Gasteiger partial charge in [0.1, 0.15) is 5.75 Å². The van der Waals surface area contributed by atoms with Gasteiger partial charge in [-0.25, -0.2) is 0 Å². The monoisotopic (exact) mass is 272 g/mol. The quantitative estimate of drug-likeness (QED) is 0.722. The van der Waals surface area contributed by atoms with Gasteiger partial charge in [0.15, 0.2) is 0 Å². The molecule has 0 aromatic heterocycles. The maximum Gasteiger partial charge on any atom is 0.115 e. The molecule has 0 heterocycles. The molecule has 0 aliphatic carbocycles. The van der Waals surface area contributed by atoms with Crippen LogP contribution < -0.4 is 0 Å². The van der Waals surface area contributed by atoms with Crippen LogP contribution >= 0.6 is 11.8 Å². The van der Waals surface area contributed by atoms with Gasteiger partial charge in [0.25, 0.3) is 0 Å². The Kier molecular flexibility index (Phi) is 5.34. The summed E-state index contributed by atoms with van der Waals surface area (Å²) >= 11 is 1.72. The molecule has 0 atom stereocenters. The first-order chi connectivity index (χ1) is 9.28. The summed E-state index contributed by atoms with van der Waals surface area (Å²) in [6.07, 6.45) is 5.04. The Morgan fingerprint density at radius 2 is 1.42 bits per heavy atom. The second-order valence-electron chi connectivity index (χ2n) is 4.70. The molecule has 1 nitrogen and oxygen atoms in total. The lowest BCUT2D eigenvalue weighted by Crippen LogP contribution is -1.85. The predicted molar refractivity (Wildman–Crippen MR) is 81.9 cm³/mol. The average Bonchev–Trinajstić information content (AvgIpc) is 2.44. The summed E-state index contributed by atoms with van der Waals surface area (Å²) in [6, 6.07) is 16.1. The number of phenolic OH excluding ortho intramolecular Hbond substituents is 1. The second kappa shape index (κ2) is 7.25. The minimum absolute atomic E-state index is 0.315. The Labute approximate surface area is 119 Å². The summed E-state index contributed by atoms with van der Waals surface area (Å²) in [4.78, 5) is 2.39. The molecular weight excluding hydrogens is 252 g/mol. The fraction of sp³-hybridized carbons (Fsp3) is 0.294. The largest absolute Gasteiger partial charge is 0.508 e. The van der Waals surface area contributed by atoms with Crippen molar-refractivity contribution in [2.45, 2.75) is 42.4 Å². The SMILES string of the molecule is CCCCCc1ccc(Sc2ccc(O)cc2)cc1. The standard InChI is InChI=1S/C17H20OS/c1-2-3-4-5-14-6-10-16(11-7-14)19-17-12-8-15(18)9-13-17/h6-13,18H,2-5H2,1H3. The van der Waals surface area contributed by atoms with Gasteiger partial charge < -0.3 is 5.11 Å². The van der Waals surface area contributed by atoms with Crippen LogP contribution in [0.15, 0.2) is 58.3 Å². The Bertz CT molecular complexity index is 488. The van der Waals surface area contributed by atoms with Crippen molar-refractivity contribution in [1.82, 2.24) is 0 Å². The Balaban J connectivity index is 1.92. The van der Waals surface area contributed by atoms with E-state index in [2.05, 4.69) is 31.2 Å². The van der Waals surface area contributed by atoms with E-state index in [4.69, 9.17) is 0 Å². The lowest BCUT2D eigenvalue weighted by atomic mass is 10.1. The van der Waals surface area contributed by atoms with Gasteiger partial charge in [0, 0.05) is 9.79 Å². The van der Waals surface area contributed by atoms with Crippen LogP contribution in [0.5, 0.6) is 5.75 Å². The van der Waals surface area contributed by atoms with Crippen molar-refractivity contribution in [3.05, 3.63) is 54.1 Å². The highest BCUT2D eigenvalue weighted by Crippen LogP contribution is 2.29. The van der Waals surface area contributed by atoms with Crippen molar-refractivity contribution in [3.63, 3.8) is 0 Å². The third-order valence-electron chi connectivity index (χ3n) is 3.06. The number of aromatic hydroxyl groups is 1. The van der Waals surface area contributed by atoms with Crippen LogP contribution in [0.3, 0.4) is 0 Å². The average molecular weight is 272 g/mol. The van der Waals surface area contributed by atoms with Gasteiger partial charge in [-0.2, -0.15) is 0 Å². The van der Waals surface area contributed by atoms with Gasteiger partial charge in [-0.3, -0.25) is 0 Å². The number of phenols is 1. The smallest absolute Gasteiger partial charge is 0.115 e. The normalized spacial score (nSPS) is 10.6. The van der Waals surface area contributed by atoms with Crippen LogP contribution in [0.2, 0.25) is 0 Å². The highest BCUT2D eigenvalue weighted by Gasteiger charge is 1.99. The van der Waals surface area contributed by atoms with E-state index in [-0.39, 0.29) is 0 Å². The summed E-state index contributed by atoms with van der Waals surface area (Å²) < 4.78 is 0. The topological polar surface area (TPSA) is 20.2 Å². The number of hydrogen-bond acceptors (Lipinski definition) is 2. The predicted octanol–water partition coefficient (Wildman–Crippen LogP) is 5.28. The van der Waals surface area contributed by atoms with Gasteiger partial charge in [0.05, 0.1) is 0 Å². The van der Waals surface area contributed by atoms with Gasteiger partial charge in [-0.15, -0.1) is 0 Å². The van der Waals surface area contributed by atoms with Gasteiger partial charge in [-0.05, 0) is 54.8 Å². The molecule has 2 heteroatoms. The molecule has 100 valence electrons. The molecule has 0 aliphatic heterocycles. The van der Waals surface area contributed by atoms with E-state index in [1.165, 1.54) is 36.1 Å². The highest BCUT2D eigenvalue weighted by atomic mass is 32.2. The molecule has 19 heavy (non-hydrogen) atoms. The van der Waals surface area contributed by atoms with Crippen molar-refractivity contribution in [1.29, 1.82) is 0 Å². The molecular formula is C17H20OS. The van der Waals surface area contributed by atoms with E-state index in [1.807, 2.05) is 12.1 Å². The van der Waals surface area contributed by atoms with Crippen molar-refractivity contribution in [3.8, 4) is 5.75 Å². The van der Waals surface area contributed by atoms with Crippen LogP contribution in [0.25, 0.3) is 0 Å². The van der Waals surface area contributed by atoms with Crippen LogP contribution in [0.1, 0.15) is 31.7 Å². The third-order valence-corrected chi connectivity index (χ3v) is 4.08. The summed E-state index contributed by atoms with van der Waals surface area (Å²) in [5.41, 5.74) is 1.42. The molecule has 0 spiro atoms. The van der Waals surface area contributed by atoms with Crippen LogP contribution in [0, 0.1) is 0 Å². The van der Waals surface area contributed by atoms with Crippen LogP contribution in [-0.4, -0.2) is 5.11 Å². The van der Waals surface area contributed by atoms with E-state index in [9.17, 15) is 5.11 Å². The molecule has 0 amide bonds. The third kappa shape index (κ3) is 4.64. The first-order valence-electron chi connectivity index (χ1n) is 6.84. The zero-order valence-corrected chi connectivity index (χ0v) is 12.1. The van der Waals surface area contributed by atoms with E-state index in [0.717, 1.165) is 4.90 Å². The number of hydrogen-bond donors (Lipinski definition) is 1. The molecule has 0 unspecified atom stereocenters. The fourth-order valence-electron chi connectivity index (χ4n) is 1.95. The minimum atomic E-state index is 0.315. The van der Waals surface area contributed by atoms with Gasteiger partial charge in [0.2, 0.25) is 0 Å². The number of aryl methyl sites for hydroxylation is 1. The van der Waals surface area contributed by atoms with Gasteiger partial charge >= 0.3 is 0 Å². The molecule has 0 saturated heterocycles. The molecule has 2 rings (SSSR count). The highest BCUT2D eigenvalue weighted by molar-refractivity contribution is 7.99. The van der Waals surface area contributed by atoms with E-state index in [0.29, 0.717) is 5.75 Å². The Hall–Kier alpha value is -1.41. The lowest BCUT2D eigenvalue weighted by Gasteiger charge is -2.04. The van der Waals surface area contributed by atoms with Crippen molar-refractivity contribution >= 4 is 11.8 Å². The molecule has 0 saturated carbocycles. The number of rotatable bonds is 6. The summed E-state index contributed by atoms with van der Waals surface area (Å²) in [5.74, 6) is 0.315. The van der Waals surface area contributed by atoms with E-state index < -0.39 is 0 Å². The molecule has 0 aliphatic rings. The van der Waals surface area contributed by atoms with Crippen molar-refractivity contribution < 1.29 is 5.11 Å². The summed E-state index contributed by atoms with van der Waals surface area (Å²) in [5, 5.41) is 9.25. The van der Waals surface area contributed by atoms with Gasteiger partial charge in [-0.1, -0.05) is 43.7 Å². The van der Waals surface area contributed by atoms with E-state index >= 15 is 0 Å². The first kappa shape index (κ1) is 14.0. The minimum Gasteiger partial charge on any atom is -0.508 e. The first-order valence-corrected chi connectivity index (χ1v) is 7.65. The van der Waals surface area contributed by atoms with Crippen molar-refractivity contribution in [2.75, 3.05) is 0 Å². The fourth-order valence-corrected chi connectivity index (χ4v) is 2.77. The molecule has 0 fully saturated rings. The second-order valence-corrected chi connectivity index (χ2v) is 5.84.